The minimum atomic E-state index is -1.31. The van der Waals surface area contributed by atoms with E-state index >= 15 is 0 Å². The third kappa shape index (κ3) is 5.30. The Morgan fingerprint density at radius 3 is 2.30 bits per heavy atom. The third-order valence-corrected chi connectivity index (χ3v) is 10.2. The molecular weight excluding hydrogens is 677 g/mol. The van der Waals surface area contributed by atoms with Crippen molar-refractivity contribution in [2.45, 2.75) is 55.6 Å². The van der Waals surface area contributed by atoms with Crippen molar-refractivity contribution in [3.8, 4) is 17.3 Å². The summed E-state index contributed by atoms with van der Waals surface area (Å²) in [5.74, 6) is -0.952. The van der Waals surface area contributed by atoms with Crippen LogP contribution in [0.3, 0.4) is 0 Å². The number of carbonyl (C=O) groups is 3. The van der Waals surface area contributed by atoms with Crippen LogP contribution in [0.4, 0.5) is 11.6 Å². The summed E-state index contributed by atoms with van der Waals surface area (Å²) in [5, 5.41) is 23.0. The quantitative estimate of drug-likeness (QED) is 0.181. The number of H-pyrrole nitrogens is 1. The van der Waals surface area contributed by atoms with E-state index in [9.17, 15) is 19.6 Å². The molecular formula is C36H29Cl2N9O3. The average molecular weight is 707 g/mol. The molecule has 3 aromatic heterocycles. The van der Waals surface area contributed by atoms with Crippen LogP contribution in [0, 0.1) is 11.3 Å². The van der Waals surface area contributed by atoms with Gasteiger partial charge in [0.15, 0.2) is 0 Å². The van der Waals surface area contributed by atoms with E-state index in [1.54, 1.807) is 66.3 Å². The van der Waals surface area contributed by atoms with Gasteiger partial charge in [0.1, 0.15) is 16.8 Å². The number of carbonyl (C=O) groups excluding carboxylic acids is 3. The van der Waals surface area contributed by atoms with Gasteiger partial charge in [-0.2, -0.15) is 10.4 Å². The normalized spacial score (nSPS) is 19.4. The number of anilines is 2. The number of imidazole rings is 1. The maximum absolute atomic E-state index is 14.4. The fraction of sp³-hybridized carbons (Fsp3) is 0.250. The maximum atomic E-state index is 14.4. The molecule has 3 amide bonds. The van der Waals surface area contributed by atoms with Crippen molar-refractivity contribution in [3.05, 3.63) is 112 Å². The van der Waals surface area contributed by atoms with E-state index in [0.717, 1.165) is 35.4 Å². The van der Waals surface area contributed by atoms with Crippen LogP contribution in [-0.2, 0) is 27.1 Å². The molecule has 0 unspecified atom stereocenters. The van der Waals surface area contributed by atoms with Gasteiger partial charge in [0.05, 0.1) is 40.4 Å². The van der Waals surface area contributed by atoms with Crippen molar-refractivity contribution in [2.24, 2.45) is 0 Å². The highest BCUT2D eigenvalue weighted by Gasteiger charge is 2.57. The summed E-state index contributed by atoms with van der Waals surface area (Å²) >= 11 is 12.7. The monoisotopic (exact) mass is 705 g/mol. The molecule has 0 bridgehead atoms. The van der Waals surface area contributed by atoms with Gasteiger partial charge in [0.25, 0.3) is 11.8 Å². The first-order valence-electron chi connectivity index (χ1n) is 16.0. The zero-order valence-electron chi connectivity index (χ0n) is 26.7. The summed E-state index contributed by atoms with van der Waals surface area (Å²) in [7, 11) is 0. The van der Waals surface area contributed by atoms with Crippen LogP contribution in [0.1, 0.15) is 59.9 Å². The number of nitriles is 1. The lowest BCUT2D eigenvalue weighted by molar-refractivity contribution is -0.125. The molecule has 3 N–H and O–H groups in total. The summed E-state index contributed by atoms with van der Waals surface area (Å²) in [6.45, 7) is 1.74. The first-order valence-corrected chi connectivity index (χ1v) is 16.8. The second-order valence-corrected chi connectivity index (χ2v) is 14.2. The Hall–Kier alpha value is -5.51. The number of nitrogens with one attached hydrogen (secondary N) is 3. The zero-order valence-corrected chi connectivity index (χ0v) is 28.2. The molecule has 0 spiro atoms. The van der Waals surface area contributed by atoms with Gasteiger partial charge in [-0.25, -0.2) is 9.88 Å². The van der Waals surface area contributed by atoms with Gasteiger partial charge >= 0.3 is 0 Å². The first kappa shape index (κ1) is 31.7. The summed E-state index contributed by atoms with van der Waals surface area (Å²) < 4.78 is 1.61. The average Bonchev–Trinajstić information content (AvgIpc) is 3.90. The Kier molecular flexibility index (Phi) is 7.32. The maximum Gasteiger partial charge on any atom is 0.270 e. The number of pyridine rings is 1. The number of aromatic amines is 1. The lowest BCUT2D eigenvalue weighted by Gasteiger charge is -2.27. The van der Waals surface area contributed by atoms with Crippen LogP contribution in [0.25, 0.3) is 11.3 Å². The summed E-state index contributed by atoms with van der Waals surface area (Å²) in [5.41, 5.74) is 1.23. The minimum Gasteiger partial charge on any atom is -0.343 e. The van der Waals surface area contributed by atoms with Crippen LogP contribution in [0.2, 0.25) is 10.0 Å². The molecule has 1 aliphatic heterocycles. The van der Waals surface area contributed by atoms with Gasteiger partial charge in [-0.1, -0.05) is 35.3 Å². The molecule has 2 aliphatic carbocycles. The molecule has 1 atom stereocenters. The van der Waals surface area contributed by atoms with E-state index in [4.69, 9.17) is 23.2 Å². The highest BCUT2D eigenvalue weighted by atomic mass is 35.5. The summed E-state index contributed by atoms with van der Waals surface area (Å²) in [6.07, 6.45) is 7.40. The van der Waals surface area contributed by atoms with E-state index in [1.807, 2.05) is 18.2 Å². The number of fused-ring (bicyclic) bond motifs is 1. The SMILES string of the molecule is C[C@@]1(Cc2ccc(C#N)cc2)C(=O)N(c2cc(Cl)cc(Cl)c2)c2ncc(C(=O)NC3(C(=O)NC4(c5ccc(-c6ccn[nH]6)cn5)CC4)CC3)n21. The second-order valence-electron chi connectivity index (χ2n) is 13.3. The standard InChI is InChI=1S/C36H29Cl2N9O3/c1-34(17-21-2-4-22(18-39)5-3-21)32(50)46(26-15-24(37)14-25(38)16-26)33-41-20-28(47(33)34)30(48)43-36(11-12-36)31(49)44-35(9-10-35)29-7-6-23(19-40-29)27-8-13-42-45-27/h2-8,13-16,19-20H,9-12,17H2,1H3,(H,42,45)(H,43,48)(H,44,49)/t34-/m1/s1. The van der Waals surface area contributed by atoms with Crippen molar-refractivity contribution >= 4 is 52.6 Å². The highest BCUT2D eigenvalue weighted by Crippen LogP contribution is 2.48. The van der Waals surface area contributed by atoms with E-state index in [-0.39, 0.29) is 29.9 Å². The van der Waals surface area contributed by atoms with E-state index < -0.39 is 22.5 Å². The van der Waals surface area contributed by atoms with Crippen molar-refractivity contribution in [1.82, 2.24) is 35.4 Å². The van der Waals surface area contributed by atoms with E-state index in [1.165, 1.54) is 11.1 Å². The molecule has 2 saturated carbocycles. The Balaban J connectivity index is 1.08. The highest BCUT2D eigenvalue weighted by molar-refractivity contribution is 6.35. The Labute approximate surface area is 296 Å². The Morgan fingerprint density at radius 2 is 1.70 bits per heavy atom. The van der Waals surface area contributed by atoms with Gasteiger partial charge in [-0.3, -0.25) is 29.0 Å². The lowest BCUT2D eigenvalue weighted by atomic mass is 9.91. The lowest BCUT2D eigenvalue weighted by Crippen LogP contribution is -2.52. The minimum absolute atomic E-state index is 0.122. The van der Waals surface area contributed by atoms with Crippen LogP contribution >= 0.6 is 23.2 Å². The molecule has 8 rings (SSSR count). The molecule has 0 radical (unpaired) electrons. The first-order chi connectivity index (χ1) is 24.0. The fourth-order valence-corrected chi connectivity index (χ4v) is 7.21. The molecule has 50 heavy (non-hydrogen) atoms. The van der Waals surface area contributed by atoms with E-state index in [2.05, 4.69) is 36.9 Å². The molecule has 250 valence electrons. The molecule has 4 heterocycles. The molecule has 2 fully saturated rings. The van der Waals surface area contributed by atoms with Gasteiger partial charge < -0.3 is 10.6 Å². The molecule has 14 heteroatoms. The third-order valence-electron chi connectivity index (χ3n) is 9.78. The van der Waals surface area contributed by atoms with Gasteiger partial charge in [0, 0.05) is 34.4 Å². The van der Waals surface area contributed by atoms with Crippen LogP contribution < -0.4 is 15.5 Å². The van der Waals surface area contributed by atoms with Crippen molar-refractivity contribution in [3.63, 3.8) is 0 Å². The largest absolute Gasteiger partial charge is 0.343 e. The predicted octanol–water partition coefficient (Wildman–Crippen LogP) is 5.55. The predicted molar refractivity (Wildman–Crippen MR) is 185 cm³/mol. The number of amides is 3. The zero-order chi connectivity index (χ0) is 34.8. The van der Waals surface area contributed by atoms with Crippen LogP contribution in [0.5, 0.6) is 0 Å². The van der Waals surface area contributed by atoms with Crippen molar-refractivity contribution in [1.29, 1.82) is 5.26 Å². The molecule has 2 aromatic carbocycles. The topological polar surface area (TPSA) is 162 Å². The summed E-state index contributed by atoms with van der Waals surface area (Å²) in [6, 6.07) is 19.5. The van der Waals surface area contributed by atoms with Crippen LogP contribution in [-0.4, -0.2) is 48.0 Å². The van der Waals surface area contributed by atoms with Gasteiger partial charge in [0.2, 0.25) is 11.9 Å². The number of rotatable bonds is 9. The second kappa shape index (κ2) is 11.5. The summed E-state index contributed by atoms with van der Waals surface area (Å²) in [4.78, 5) is 52.9. The number of benzene rings is 2. The molecule has 12 nitrogen and oxygen atoms in total. The smallest absolute Gasteiger partial charge is 0.270 e. The fourth-order valence-electron chi connectivity index (χ4n) is 6.70. The molecule has 3 aliphatic rings. The number of hydrogen-bond donors (Lipinski definition) is 3. The number of halogens is 2. The Bertz CT molecular complexity index is 2200. The van der Waals surface area contributed by atoms with Gasteiger partial charge in [-0.05, 0) is 86.7 Å². The number of nitrogens with zero attached hydrogens (tertiary/aromatic N) is 6. The molecule has 5 aromatic rings. The van der Waals surface area contributed by atoms with Gasteiger partial charge in [-0.15, -0.1) is 0 Å². The van der Waals surface area contributed by atoms with E-state index in [0.29, 0.717) is 34.1 Å². The van der Waals surface area contributed by atoms with Crippen molar-refractivity contribution in [2.75, 3.05) is 4.90 Å². The molecule has 0 saturated heterocycles. The Morgan fingerprint density at radius 1 is 0.960 bits per heavy atom. The van der Waals surface area contributed by atoms with Crippen molar-refractivity contribution < 1.29 is 14.4 Å². The number of hydrogen-bond acceptors (Lipinski definition) is 7. The number of aromatic nitrogens is 5. The van der Waals surface area contributed by atoms with Crippen LogP contribution in [0.15, 0.2) is 79.3 Å².